The molecule has 0 unspecified atom stereocenters. The number of rotatable bonds is 7. The minimum absolute atomic E-state index is 0.0106. The van der Waals surface area contributed by atoms with Crippen LogP contribution >= 0.6 is 0 Å². The fraction of sp³-hybridized carbons (Fsp3) is 0.333. The number of hydrogen-bond acceptors (Lipinski definition) is 2. The van der Waals surface area contributed by atoms with Gasteiger partial charge in [0, 0.05) is 18.7 Å². The Hall–Kier alpha value is -2.62. The number of carbonyl (C=O) groups is 2. The second-order valence-electron chi connectivity index (χ2n) is 6.12. The van der Waals surface area contributed by atoms with Crippen LogP contribution in [-0.2, 0) is 22.6 Å². The molecule has 2 aromatic rings. The van der Waals surface area contributed by atoms with Crippen molar-refractivity contribution in [2.24, 2.45) is 0 Å². The van der Waals surface area contributed by atoms with E-state index in [2.05, 4.69) is 29.6 Å². The van der Waals surface area contributed by atoms with E-state index in [1.165, 1.54) is 5.56 Å². The van der Waals surface area contributed by atoms with E-state index < -0.39 is 0 Å². The molecule has 4 heteroatoms. The molecule has 0 aliphatic rings. The van der Waals surface area contributed by atoms with Crippen molar-refractivity contribution >= 4 is 17.5 Å². The Labute approximate surface area is 149 Å². The lowest BCUT2D eigenvalue weighted by Gasteiger charge is -2.23. The molecule has 0 spiro atoms. The van der Waals surface area contributed by atoms with Gasteiger partial charge in [0.25, 0.3) is 0 Å². The van der Waals surface area contributed by atoms with Gasteiger partial charge in [0.05, 0.1) is 13.0 Å². The van der Waals surface area contributed by atoms with Gasteiger partial charge in [-0.15, -0.1) is 0 Å². The first-order valence-corrected chi connectivity index (χ1v) is 8.75. The molecule has 2 rings (SSSR count). The van der Waals surface area contributed by atoms with Crippen molar-refractivity contribution in [2.45, 2.75) is 40.2 Å². The van der Waals surface area contributed by atoms with Crippen molar-refractivity contribution in [3.63, 3.8) is 0 Å². The van der Waals surface area contributed by atoms with Crippen LogP contribution in [0.1, 0.15) is 37.0 Å². The van der Waals surface area contributed by atoms with Crippen LogP contribution in [-0.4, -0.2) is 18.4 Å². The summed E-state index contributed by atoms with van der Waals surface area (Å²) >= 11 is 0. The first-order chi connectivity index (χ1) is 12.0. The van der Waals surface area contributed by atoms with Crippen LogP contribution < -0.4 is 10.2 Å². The van der Waals surface area contributed by atoms with Gasteiger partial charge in [0.15, 0.2) is 0 Å². The minimum atomic E-state index is 0.0106. The fourth-order valence-electron chi connectivity index (χ4n) is 2.63. The third-order valence-electron chi connectivity index (χ3n) is 4.05. The lowest BCUT2D eigenvalue weighted by atomic mass is 10.1. The van der Waals surface area contributed by atoms with Gasteiger partial charge in [-0.3, -0.25) is 9.59 Å². The molecule has 2 aromatic carbocycles. The third-order valence-corrected chi connectivity index (χ3v) is 4.05. The SMILES string of the molecule is CCNC(=O)Cc1ccc(N(Cc2ccc(C)cc2)C(=O)CC)cc1. The molecule has 25 heavy (non-hydrogen) atoms. The summed E-state index contributed by atoms with van der Waals surface area (Å²) in [4.78, 5) is 25.9. The summed E-state index contributed by atoms with van der Waals surface area (Å²) in [5, 5.41) is 2.79. The molecule has 0 radical (unpaired) electrons. The number of carbonyl (C=O) groups excluding carboxylic acids is 2. The Balaban J connectivity index is 2.15. The standard InChI is InChI=1S/C21H26N2O2/c1-4-21(25)23(15-18-8-6-16(3)7-9-18)19-12-10-17(11-13-19)14-20(24)22-5-2/h6-13H,4-5,14-15H2,1-3H3,(H,22,24). The van der Waals surface area contributed by atoms with E-state index in [4.69, 9.17) is 0 Å². The molecular formula is C21H26N2O2. The highest BCUT2D eigenvalue weighted by Crippen LogP contribution is 2.20. The van der Waals surface area contributed by atoms with Crippen LogP contribution in [0.2, 0.25) is 0 Å². The van der Waals surface area contributed by atoms with Crippen molar-refractivity contribution in [3.8, 4) is 0 Å². The molecule has 4 nitrogen and oxygen atoms in total. The average Bonchev–Trinajstić information content (AvgIpc) is 2.61. The van der Waals surface area contributed by atoms with E-state index in [1.54, 1.807) is 4.90 Å². The summed E-state index contributed by atoms with van der Waals surface area (Å²) in [5.74, 6) is 0.0912. The molecule has 0 aliphatic carbocycles. The quantitative estimate of drug-likeness (QED) is 0.838. The third kappa shape index (κ3) is 5.45. The van der Waals surface area contributed by atoms with E-state index >= 15 is 0 Å². The minimum Gasteiger partial charge on any atom is -0.356 e. The summed E-state index contributed by atoms with van der Waals surface area (Å²) in [6.45, 7) is 7.00. The van der Waals surface area contributed by atoms with Crippen molar-refractivity contribution in [1.29, 1.82) is 0 Å². The van der Waals surface area contributed by atoms with Crippen LogP contribution in [0.4, 0.5) is 5.69 Å². The molecule has 0 aromatic heterocycles. The Kier molecular flexibility index (Phi) is 6.75. The predicted molar refractivity (Wildman–Crippen MR) is 101 cm³/mol. The Bertz CT molecular complexity index is 706. The highest BCUT2D eigenvalue weighted by Gasteiger charge is 2.15. The van der Waals surface area contributed by atoms with Gasteiger partial charge < -0.3 is 10.2 Å². The van der Waals surface area contributed by atoms with Crippen molar-refractivity contribution in [3.05, 3.63) is 65.2 Å². The van der Waals surface area contributed by atoms with Crippen LogP contribution in [0.15, 0.2) is 48.5 Å². The van der Waals surface area contributed by atoms with E-state index in [0.717, 1.165) is 16.8 Å². The van der Waals surface area contributed by atoms with E-state index in [-0.39, 0.29) is 11.8 Å². The van der Waals surface area contributed by atoms with Crippen LogP contribution in [0, 0.1) is 6.92 Å². The second kappa shape index (κ2) is 9.02. The number of benzene rings is 2. The highest BCUT2D eigenvalue weighted by molar-refractivity contribution is 5.93. The maximum absolute atomic E-state index is 12.4. The molecule has 2 amide bonds. The van der Waals surface area contributed by atoms with E-state index in [9.17, 15) is 9.59 Å². The number of aryl methyl sites for hydroxylation is 1. The van der Waals surface area contributed by atoms with Gasteiger partial charge in [0.1, 0.15) is 0 Å². The zero-order chi connectivity index (χ0) is 18.2. The summed E-state index contributed by atoms with van der Waals surface area (Å²) in [7, 11) is 0. The Morgan fingerprint density at radius 3 is 2.08 bits per heavy atom. The number of anilines is 1. The molecule has 132 valence electrons. The molecule has 0 saturated heterocycles. The smallest absolute Gasteiger partial charge is 0.227 e. The molecule has 1 N–H and O–H groups in total. The number of amides is 2. The molecular weight excluding hydrogens is 312 g/mol. The molecule has 0 aliphatic heterocycles. The lowest BCUT2D eigenvalue weighted by molar-refractivity contribution is -0.120. The second-order valence-corrected chi connectivity index (χ2v) is 6.12. The molecule has 0 heterocycles. The Morgan fingerprint density at radius 2 is 1.52 bits per heavy atom. The normalized spacial score (nSPS) is 10.4. The summed E-state index contributed by atoms with van der Waals surface area (Å²) < 4.78 is 0. The topological polar surface area (TPSA) is 49.4 Å². The van der Waals surface area contributed by atoms with E-state index in [1.807, 2.05) is 45.0 Å². The first kappa shape index (κ1) is 18.7. The maximum Gasteiger partial charge on any atom is 0.227 e. The maximum atomic E-state index is 12.4. The molecule has 0 fully saturated rings. The number of nitrogens with one attached hydrogen (secondary N) is 1. The van der Waals surface area contributed by atoms with Crippen LogP contribution in [0.25, 0.3) is 0 Å². The van der Waals surface area contributed by atoms with Gasteiger partial charge in [-0.1, -0.05) is 48.9 Å². The van der Waals surface area contributed by atoms with Gasteiger partial charge in [0.2, 0.25) is 11.8 Å². The number of hydrogen-bond donors (Lipinski definition) is 1. The predicted octanol–water partition coefficient (Wildman–Crippen LogP) is 3.62. The fourth-order valence-corrected chi connectivity index (χ4v) is 2.63. The van der Waals surface area contributed by atoms with Gasteiger partial charge in [-0.25, -0.2) is 0 Å². The van der Waals surface area contributed by atoms with Crippen molar-refractivity contribution in [2.75, 3.05) is 11.4 Å². The van der Waals surface area contributed by atoms with Crippen molar-refractivity contribution in [1.82, 2.24) is 5.32 Å². The van der Waals surface area contributed by atoms with Crippen LogP contribution in [0.3, 0.4) is 0 Å². The summed E-state index contributed by atoms with van der Waals surface area (Å²) in [6.07, 6.45) is 0.806. The zero-order valence-corrected chi connectivity index (χ0v) is 15.2. The van der Waals surface area contributed by atoms with Gasteiger partial charge >= 0.3 is 0 Å². The van der Waals surface area contributed by atoms with Gasteiger partial charge in [-0.2, -0.15) is 0 Å². The largest absolute Gasteiger partial charge is 0.356 e. The van der Waals surface area contributed by atoms with E-state index in [0.29, 0.717) is 25.9 Å². The molecule has 0 atom stereocenters. The van der Waals surface area contributed by atoms with Crippen molar-refractivity contribution < 1.29 is 9.59 Å². The summed E-state index contributed by atoms with van der Waals surface area (Å²) in [5.41, 5.74) is 4.09. The zero-order valence-electron chi connectivity index (χ0n) is 15.2. The highest BCUT2D eigenvalue weighted by atomic mass is 16.2. The number of likely N-dealkylation sites (N-methyl/N-ethyl adjacent to an activating group) is 1. The average molecular weight is 338 g/mol. The van der Waals surface area contributed by atoms with Gasteiger partial charge in [-0.05, 0) is 37.1 Å². The molecule has 0 bridgehead atoms. The first-order valence-electron chi connectivity index (χ1n) is 8.75. The molecule has 0 saturated carbocycles. The number of nitrogens with zero attached hydrogens (tertiary/aromatic N) is 1. The monoisotopic (exact) mass is 338 g/mol. The lowest BCUT2D eigenvalue weighted by Crippen LogP contribution is -2.29. The van der Waals surface area contributed by atoms with Crippen LogP contribution in [0.5, 0.6) is 0 Å². The summed E-state index contributed by atoms with van der Waals surface area (Å²) in [6, 6.07) is 15.9. The Morgan fingerprint density at radius 1 is 0.920 bits per heavy atom.